The van der Waals surface area contributed by atoms with Crippen LogP contribution >= 0.6 is 0 Å². The van der Waals surface area contributed by atoms with E-state index >= 15 is 0 Å². The van der Waals surface area contributed by atoms with E-state index in [1.54, 1.807) is 11.0 Å². The number of nitrogens with zero attached hydrogens (tertiary/aromatic N) is 1. The monoisotopic (exact) mass is 438 g/mol. The van der Waals surface area contributed by atoms with Gasteiger partial charge in [0.2, 0.25) is 5.91 Å². The average Bonchev–Trinajstić information content (AvgIpc) is 2.72. The molecule has 1 N–H and O–H groups in total. The number of likely N-dealkylation sites (tertiary alicyclic amines) is 1. The molecule has 0 spiro atoms. The lowest BCUT2D eigenvalue weighted by atomic mass is 10.1. The number of nitrogens with one attached hydrogen (secondary N) is 1. The molecule has 1 aliphatic rings. The van der Waals surface area contributed by atoms with E-state index in [-0.39, 0.29) is 16.5 Å². The third kappa shape index (κ3) is 5.63. The van der Waals surface area contributed by atoms with E-state index in [9.17, 15) is 26.4 Å². The Balaban J connectivity index is 1.69. The number of hydrogen-bond acceptors (Lipinski definition) is 3. The van der Waals surface area contributed by atoms with Gasteiger partial charge in [-0.3, -0.25) is 9.52 Å². The molecular formula is C21H21F3N2O3S. The lowest BCUT2D eigenvalue weighted by molar-refractivity contribution is -0.137. The summed E-state index contributed by atoms with van der Waals surface area (Å²) in [6.07, 6.45) is 1.60. The van der Waals surface area contributed by atoms with Crippen LogP contribution in [-0.4, -0.2) is 32.3 Å². The molecule has 0 aromatic heterocycles. The molecule has 1 amide bonds. The van der Waals surface area contributed by atoms with Crippen molar-refractivity contribution in [3.63, 3.8) is 0 Å². The Bertz CT molecular complexity index is 1030. The number of amides is 1. The number of anilines is 1. The van der Waals surface area contributed by atoms with Gasteiger partial charge in [-0.05, 0) is 61.2 Å². The Morgan fingerprint density at radius 2 is 1.67 bits per heavy atom. The second kappa shape index (κ2) is 8.91. The summed E-state index contributed by atoms with van der Waals surface area (Å²) in [7, 11) is -4.06. The maximum absolute atomic E-state index is 12.8. The van der Waals surface area contributed by atoms with Gasteiger partial charge in [0.05, 0.1) is 10.5 Å². The van der Waals surface area contributed by atoms with Crippen molar-refractivity contribution in [2.45, 2.75) is 30.3 Å². The number of carbonyl (C=O) groups excluding carboxylic acids is 1. The first-order chi connectivity index (χ1) is 14.1. The van der Waals surface area contributed by atoms with Crippen molar-refractivity contribution in [3.05, 3.63) is 65.7 Å². The highest BCUT2D eigenvalue weighted by atomic mass is 32.2. The fraction of sp³-hybridized carbons (Fsp3) is 0.286. The Hall–Kier alpha value is -2.81. The van der Waals surface area contributed by atoms with Gasteiger partial charge in [0.1, 0.15) is 0 Å². The van der Waals surface area contributed by atoms with Crippen LogP contribution in [0.4, 0.5) is 18.9 Å². The summed E-state index contributed by atoms with van der Waals surface area (Å²) in [4.78, 5) is 13.8. The molecule has 0 atom stereocenters. The summed E-state index contributed by atoms with van der Waals surface area (Å²) < 4.78 is 65.5. The highest BCUT2D eigenvalue weighted by Gasteiger charge is 2.30. The minimum Gasteiger partial charge on any atom is -0.339 e. The smallest absolute Gasteiger partial charge is 0.339 e. The molecule has 0 aliphatic carbocycles. The molecule has 0 saturated carbocycles. The van der Waals surface area contributed by atoms with E-state index in [4.69, 9.17) is 0 Å². The van der Waals surface area contributed by atoms with Gasteiger partial charge in [-0.1, -0.05) is 18.2 Å². The van der Waals surface area contributed by atoms with Crippen LogP contribution < -0.4 is 4.72 Å². The summed E-state index contributed by atoms with van der Waals surface area (Å²) in [5, 5.41) is 0. The Kier molecular flexibility index (Phi) is 6.50. The molecule has 1 fully saturated rings. The molecule has 3 rings (SSSR count). The lowest BCUT2D eigenvalue weighted by Gasteiger charge is -2.25. The van der Waals surface area contributed by atoms with Crippen LogP contribution in [0.2, 0.25) is 0 Å². The summed E-state index contributed by atoms with van der Waals surface area (Å²) in [5.74, 6) is -0.0855. The second-order valence-electron chi connectivity index (χ2n) is 6.97. The van der Waals surface area contributed by atoms with E-state index < -0.39 is 21.8 Å². The van der Waals surface area contributed by atoms with Gasteiger partial charge < -0.3 is 4.90 Å². The second-order valence-corrected chi connectivity index (χ2v) is 8.65. The lowest BCUT2D eigenvalue weighted by Crippen LogP contribution is -2.34. The Labute approximate surface area is 173 Å². The van der Waals surface area contributed by atoms with Crippen LogP contribution in [0.1, 0.15) is 30.4 Å². The SMILES string of the molecule is O=C(/C=C/c1ccc(S(=O)(=O)Nc2cccc(C(F)(F)F)c2)cc1)N1CCCCC1. The first kappa shape index (κ1) is 21.9. The molecule has 160 valence electrons. The van der Waals surface area contributed by atoms with Gasteiger partial charge in [0.25, 0.3) is 10.0 Å². The summed E-state index contributed by atoms with van der Waals surface area (Å²) in [6, 6.07) is 9.71. The van der Waals surface area contributed by atoms with Crippen molar-refractivity contribution in [2.24, 2.45) is 0 Å². The number of piperidine rings is 1. The topological polar surface area (TPSA) is 66.5 Å². The quantitative estimate of drug-likeness (QED) is 0.698. The fourth-order valence-electron chi connectivity index (χ4n) is 3.12. The molecule has 2 aromatic rings. The van der Waals surface area contributed by atoms with E-state index in [0.29, 0.717) is 5.56 Å². The van der Waals surface area contributed by atoms with Gasteiger partial charge in [0.15, 0.2) is 0 Å². The van der Waals surface area contributed by atoms with Crippen LogP contribution in [0.5, 0.6) is 0 Å². The number of halogens is 3. The van der Waals surface area contributed by atoms with Crippen molar-refractivity contribution in [2.75, 3.05) is 17.8 Å². The van der Waals surface area contributed by atoms with Gasteiger partial charge in [0, 0.05) is 24.9 Å². The molecule has 0 radical (unpaired) electrons. The first-order valence-electron chi connectivity index (χ1n) is 9.42. The summed E-state index contributed by atoms with van der Waals surface area (Å²) in [6.45, 7) is 1.48. The van der Waals surface area contributed by atoms with Crippen LogP contribution in [0.3, 0.4) is 0 Å². The predicted molar refractivity (Wildman–Crippen MR) is 108 cm³/mol. The number of benzene rings is 2. The number of alkyl halides is 3. The van der Waals surface area contributed by atoms with Gasteiger partial charge in [-0.2, -0.15) is 13.2 Å². The Morgan fingerprint density at radius 1 is 1.00 bits per heavy atom. The van der Waals surface area contributed by atoms with E-state index in [1.165, 1.54) is 36.4 Å². The maximum atomic E-state index is 12.8. The average molecular weight is 438 g/mol. The van der Waals surface area contributed by atoms with E-state index in [2.05, 4.69) is 4.72 Å². The van der Waals surface area contributed by atoms with Crippen LogP contribution in [0, 0.1) is 0 Å². The molecule has 1 aliphatic heterocycles. The molecule has 9 heteroatoms. The number of sulfonamides is 1. The first-order valence-corrected chi connectivity index (χ1v) is 10.9. The predicted octanol–water partition coefficient (Wildman–Crippen LogP) is 4.53. The molecule has 5 nitrogen and oxygen atoms in total. The highest BCUT2D eigenvalue weighted by Crippen LogP contribution is 2.31. The largest absolute Gasteiger partial charge is 0.416 e. The summed E-state index contributed by atoms with van der Waals surface area (Å²) in [5.41, 5.74) is -0.485. The van der Waals surface area contributed by atoms with Gasteiger partial charge >= 0.3 is 6.18 Å². The zero-order valence-electron chi connectivity index (χ0n) is 16.0. The number of carbonyl (C=O) groups is 1. The molecule has 2 aromatic carbocycles. The van der Waals surface area contributed by atoms with Crippen molar-refractivity contribution in [1.82, 2.24) is 4.90 Å². The zero-order chi connectivity index (χ0) is 21.8. The fourth-order valence-corrected chi connectivity index (χ4v) is 4.17. The standard InChI is InChI=1S/C21H21F3N2O3S/c22-21(23,24)17-5-4-6-18(15-17)25-30(28,29)19-10-7-16(8-11-19)9-12-20(27)26-13-2-1-3-14-26/h4-12,15,25H,1-3,13-14H2/b12-9+. The summed E-state index contributed by atoms with van der Waals surface area (Å²) >= 11 is 0. The van der Waals surface area contributed by atoms with Crippen molar-refractivity contribution >= 4 is 27.7 Å². The minimum absolute atomic E-state index is 0.0855. The minimum atomic E-state index is -4.57. The maximum Gasteiger partial charge on any atom is 0.416 e. The van der Waals surface area contributed by atoms with E-state index in [1.807, 2.05) is 0 Å². The molecule has 0 bridgehead atoms. The zero-order valence-corrected chi connectivity index (χ0v) is 16.8. The molecule has 0 unspecified atom stereocenters. The molecule has 1 heterocycles. The van der Waals surface area contributed by atoms with Crippen LogP contribution in [0.15, 0.2) is 59.5 Å². The van der Waals surface area contributed by atoms with Crippen molar-refractivity contribution in [1.29, 1.82) is 0 Å². The molecular weight excluding hydrogens is 417 g/mol. The van der Waals surface area contributed by atoms with Gasteiger partial charge in [-0.25, -0.2) is 8.42 Å². The number of rotatable bonds is 5. The molecule has 1 saturated heterocycles. The number of hydrogen-bond donors (Lipinski definition) is 1. The third-order valence-corrected chi connectivity index (χ3v) is 6.12. The van der Waals surface area contributed by atoms with Crippen molar-refractivity contribution in [3.8, 4) is 0 Å². The normalized spacial score (nSPS) is 15.4. The van der Waals surface area contributed by atoms with E-state index in [0.717, 1.165) is 50.6 Å². The molecule has 30 heavy (non-hydrogen) atoms. The van der Waals surface area contributed by atoms with Crippen molar-refractivity contribution < 1.29 is 26.4 Å². The third-order valence-electron chi connectivity index (χ3n) is 4.72. The highest BCUT2D eigenvalue weighted by molar-refractivity contribution is 7.92. The Morgan fingerprint density at radius 3 is 2.30 bits per heavy atom. The van der Waals surface area contributed by atoms with Crippen LogP contribution in [0.25, 0.3) is 6.08 Å². The van der Waals surface area contributed by atoms with Gasteiger partial charge in [-0.15, -0.1) is 0 Å². The van der Waals surface area contributed by atoms with Crippen LogP contribution in [-0.2, 0) is 21.0 Å².